The summed E-state index contributed by atoms with van der Waals surface area (Å²) in [5.74, 6) is -0.0861. The van der Waals surface area contributed by atoms with Gasteiger partial charge in [0.25, 0.3) is 11.1 Å². The lowest BCUT2D eigenvalue weighted by Gasteiger charge is -2.18. The minimum absolute atomic E-state index is 0.0977. The van der Waals surface area contributed by atoms with Crippen LogP contribution in [0.25, 0.3) is 0 Å². The highest BCUT2D eigenvalue weighted by atomic mass is 32.2. The van der Waals surface area contributed by atoms with Crippen LogP contribution in [0, 0.1) is 0 Å². The van der Waals surface area contributed by atoms with Gasteiger partial charge in [-0.2, -0.15) is 0 Å². The standard InChI is InChI=1S/C16H21N3O3S/c1-11(13-6-4-3-5-7-13)18-12(2)15(21)17-8-9-19-14(20)10-23-16(19)22/h3-7,11-12,18H,8-10H2,1-2H3,(H,17,21)/p+1/t11-,12+/m1/s1. The molecule has 23 heavy (non-hydrogen) atoms. The highest BCUT2D eigenvalue weighted by Crippen LogP contribution is 2.17. The number of hydrogen-bond acceptors (Lipinski definition) is 4. The number of nitrogens with one attached hydrogen (secondary N) is 1. The SMILES string of the molecule is C[C@H]([NH2+][C@H](C)c1ccccc1)C(=O)NCCN1C(=O)CSC1=O. The van der Waals surface area contributed by atoms with E-state index >= 15 is 0 Å². The number of quaternary nitrogens is 1. The average molecular weight is 336 g/mol. The maximum absolute atomic E-state index is 12.1. The van der Waals surface area contributed by atoms with E-state index in [2.05, 4.69) is 12.2 Å². The van der Waals surface area contributed by atoms with Crippen molar-refractivity contribution in [2.75, 3.05) is 18.8 Å². The molecule has 1 aliphatic heterocycles. The zero-order valence-electron chi connectivity index (χ0n) is 13.3. The highest BCUT2D eigenvalue weighted by molar-refractivity contribution is 8.14. The third kappa shape index (κ3) is 4.80. The van der Waals surface area contributed by atoms with Crippen LogP contribution in [-0.4, -0.2) is 46.8 Å². The van der Waals surface area contributed by atoms with Gasteiger partial charge < -0.3 is 10.6 Å². The van der Waals surface area contributed by atoms with Crippen molar-refractivity contribution in [2.24, 2.45) is 0 Å². The molecule has 1 aliphatic rings. The maximum atomic E-state index is 12.1. The largest absolute Gasteiger partial charge is 0.349 e. The van der Waals surface area contributed by atoms with E-state index in [9.17, 15) is 14.4 Å². The molecular weight excluding hydrogens is 314 g/mol. The molecule has 0 radical (unpaired) electrons. The fourth-order valence-corrected chi connectivity index (χ4v) is 3.19. The van der Waals surface area contributed by atoms with Gasteiger partial charge in [0.15, 0.2) is 6.04 Å². The first kappa shape index (κ1) is 17.5. The Morgan fingerprint density at radius 3 is 2.61 bits per heavy atom. The molecule has 3 amide bonds. The Labute approximate surface area is 140 Å². The molecule has 0 bridgehead atoms. The Balaban J connectivity index is 1.74. The first-order valence-electron chi connectivity index (χ1n) is 7.64. The molecule has 0 saturated carbocycles. The van der Waals surface area contributed by atoms with Gasteiger partial charge in [0.05, 0.1) is 5.75 Å². The molecular formula is C16H22N3O3S+. The van der Waals surface area contributed by atoms with Crippen LogP contribution >= 0.6 is 11.8 Å². The number of nitrogens with two attached hydrogens (primary N) is 1. The van der Waals surface area contributed by atoms with Crippen molar-refractivity contribution in [1.82, 2.24) is 10.2 Å². The summed E-state index contributed by atoms with van der Waals surface area (Å²) in [5.41, 5.74) is 1.16. The number of nitrogens with zero attached hydrogens (tertiary/aromatic N) is 1. The number of benzene rings is 1. The van der Waals surface area contributed by atoms with Crippen LogP contribution in [0.5, 0.6) is 0 Å². The zero-order chi connectivity index (χ0) is 16.8. The third-order valence-electron chi connectivity index (χ3n) is 3.79. The first-order valence-corrected chi connectivity index (χ1v) is 8.62. The van der Waals surface area contributed by atoms with Crippen molar-refractivity contribution in [1.29, 1.82) is 0 Å². The van der Waals surface area contributed by atoms with Crippen LogP contribution in [0.2, 0.25) is 0 Å². The molecule has 0 aromatic heterocycles. The number of carbonyl (C=O) groups excluding carboxylic acids is 3. The van der Waals surface area contributed by atoms with E-state index in [0.717, 1.165) is 17.3 Å². The van der Waals surface area contributed by atoms with Crippen molar-refractivity contribution in [3.05, 3.63) is 35.9 Å². The molecule has 2 rings (SSSR count). The topological polar surface area (TPSA) is 83.1 Å². The number of imide groups is 1. The highest BCUT2D eigenvalue weighted by Gasteiger charge is 2.29. The fourth-order valence-electron chi connectivity index (χ4n) is 2.44. The van der Waals surface area contributed by atoms with Crippen LogP contribution in [-0.2, 0) is 9.59 Å². The monoisotopic (exact) mass is 336 g/mol. The van der Waals surface area contributed by atoms with E-state index in [1.807, 2.05) is 42.6 Å². The Morgan fingerprint density at radius 1 is 1.30 bits per heavy atom. The molecule has 1 aromatic carbocycles. The maximum Gasteiger partial charge on any atom is 0.288 e. The van der Waals surface area contributed by atoms with Gasteiger partial charge in [0.1, 0.15) is 6.04 Å². The first-order chi connectivity index (χ1) is 11.0. The second-order valence-corrected chi connectivity index (χ2v) is 6.50. The summed E-state index contributed by atoms with van der Waals surface area (Å²) in [5, 5.41) is 4.54. The van der Waals surface area contributed by atoms with Crippen molar-refractivity contribution >= 4 is 28.8 Å². The van der Waals surface area contributed by atoms with Crippen molar-refractivity contribution in [2.45, 2.75) is 25.9 Å². The molecule has 0 spiro atoms. The molecule has 7 heteroatoms. The molecule has 1 aromatic rings. The van der Waals surface area contributed by atoms with Gasteiger partial charge in [-0.3, -0.25) is 19.3 Å². The summed E-state index contributed by atoms with van der Waals surface area (Å²) in [6.07, 6.45) is 0. The molecule has 0 unspecified atom stereocenters. The lowest BCUT2D eigenvalue weighted by Crippen LogP contribution is -2.92. The van der Waals surface area contributed by atoms with Gasteiger partial charge in [-0.1, -0.05) is 42.1 Å². The Kier molecular flexibility index (Phi) is 6.18. The van der Waals surface area contributed by atoms with Crippen LogP contribution in [0.1, 0.15) is 25.5 Å². The molecule has 1 saturated heterocycles. The van der Waals surface area contributed by atoms with Gasteiger partial charge in [-0.15, -0.1) is 0 Å². The van der Waals surface area contributed by atoms with E-state index in [4.69, 9.17) is 0 Å². The van der Waals surface area contributed by atoms with E-state index in [1.54, 1.807) is 0 Å². The predicted octanol–water partition coefficient (Wildman–Crippen LogP) is 0.511. The fraction of sp³-hybridized carbons (Fsp3) is 0.438. The lowest BCUT2D eigenvalue weighted by molar-refractivity contribution is -0.710. The molecule has 0 aliphatic carbocycles. The molecule has 1 heterocycles. The number of amides is 3. The second-order valence-electron chi connectivity index (χ2n) is 5.57. The van der Waals surface area contributed by atoms with Gasteiger partial charge in [0.2, 0.25) is 5.91 Å². The van der Waals surface area contributed by atoms with Gasteiger partial charge in [0, 0.05) is 18.7 Å². The number of thioether (sulfide) groups is 1. The molecule has 6 nitrogen and oxygen atoms in total. The Hall–Kier alpha value is -1.86. The summed E-state index contributed by atoms with van der Waals surface area (Å²) in [7, 11) is 0. The summed E-state index contributed by atoms with van der Waals surface area (Å²) in [6.45, 7) is 4.42. The number of hydrogen-bond donors (Lipinski definition) is 2. The summed E-state index contributed by atoms with van der Waals surface area (Å²) in [4.78, 5) is 36.2. The van der Waals surface area contributed by atoms with Crippen molar-refractivity contribution in [3.8, 4) is 0 Å². The second kappa shape index (κ2) is 8.12. The van der Waals surface area contributed by atoms with Crippen LogP contribution in [0.4, 0.5) is 4.79 Å². The number of carbonyl (C=O) groups is 3. The third-order valence-corrected chi connectivity index (χ3v) is 4.65. The Bertz CT molecular complexity index is 563. The summed E-state index contributed by atoms with van der Waals surface area (Å²) < 4.78 is 0. The zero-order valence-corrected chi connectivity index (χ0v) is 14.1. The van der Waals surface area contributed by atoms with Gasteiger partial charge in [-0.05, 0) is 13.8 Å². The average Bonchev–Trinajstić information content (AvgIpc) is 2.87. The van der Waals surface area contributed by atoms with Crippen molar-refractivity contribution in [3.63, 3.8) is 0 Å². The lowest BCUT2D eigenvalue weighted by atomic mass is 10.1. The summed E-state index contributed by atoms with van der Waals surface area (Å²) >= 11 is 1.00. The molecule has 3 N–H and O–H groups in total. The molecule has 1 fully saturated rings. The predicted molar refractivity (Wildman–Crippen MR) is 88.8 cm³/mol. The minimum atomic E-state index is -0.246. The van der Waals surface area contributed by atoms with E-state index in [-0.39, 0.29) is 48.0 Å². The van der Waals surface area contributed by atoms with E-state index < -0.39 is 0 Å². The molecule has 124 valence electrons. The van der Waals surface area contributed by atoms with Gasteiger partial charge >= 0.3 is 0 Å². The quantitative estimate of drug-likeness (QED) is 0.760. The van der Waals surface area contributed by atoms with Crippen LogP contribution in [0.15, 0.2) is 30.3 Å². The minimum Gasteiger partial charge on any atom is -0.349 e. The summed E-state index contributed by atoms with van der Waals surface area (Å²) in [6, 6.07) is 9.92. The molecule has 2 atom stereocenters. The van der Waals surface area contributed by atoms with Gasteiger partial charge in [-0.25, -0.2) is 0 Å². The van der Waals surface area contributed by atoms with Crippen LogP contribution in [0.3, 0.4) is 0 Å². The van der Waals surface area contributed by atoms with E-state index in [1.165, 1.54) is 4.90 Å². The smallest absolute Gasteiger partial charge is 0.288 e. The van der Waals surface area contributed by atoms with Crippen molar-refractivity contribution < 1.29 is 19.7 Å². The number of rotatable bonds is 7. The Morgan fingerprint density at radius 2 is 2.00 bits per heavy atom. The van der Waals surface area contributed by atoms with E-state index in [0.29, 0.717) is 0 Å². The normalized spacial score (nSPS) is 17.2. The van der Waals surface area contributed by atoms with Crippen LogP contribution < -0.4 is 10.6 Å².